The molecule has 2 aromatic rings. The lowest BCUT2D eigenvalue weighted by molar-refractivity contribution is 0.280. The van der Waals surface area contributed by atoms with Crippen molar-refractivity contribution >= 4 is 8.80 Å². The predicted molar refractivity (Wildman–Crippen MR) is 144 cm³/mol. The minimum absolute atomic E-state index is 0.297. The standard InChI is InChI=1S/C31H46Si/c1-3-5-25-8-12-28(13-9-25)30-16-18-31(19-17-30)29-14-10-26(11-15-29)6-7-27-20-23-32(22-4-2)24-21-27/h8-9,12-13,16-19,26-27,29,32H,3-7,10-11,14-15,20-24H2,1-2H3/t26?,27-,29?,32-. The third-order valence-electron chi connectivity index (χ3n) is 8.70. The van der Waals surface area contributed by atoms with Gasteiger partial charge in [-0.3, -0.25) is 0 Å². The number of benzene rings is 2. The Bertz CT molecular complexity index is 774. The quantitative estimate of drug-likeness (QED) is 0.336. The first-order valence-corrected chi connectivity index (χ1v) is 16.4. The van der Waals surface area contributed by atoms with Crippen LogP contribution in [0.15, 0.2) is 48.5 Å². The van der Waals surface area contributed by atoms with E-state index in [2.05, 4.69) is 62.4 Å². The molecule has 32 heavy (non-hydrogen) atoms. The highest BCUT2D eigenvalue weighted by Gasteiger charge is 2.25. The number of hydrogen-bond donors (Lipinski definition) is 0. The summed E-state index contributed by atoms with van der Waals surface area (Å²) in [4.78, 5) is 0. The smallest absolute Gasteiger partial charge is 0.0367 e. The summed E-state index contributed by atoms with van der Waals surface area (Å²) in [6, 6.07) is 23.7. The van der Waals surface area contributed by atoms with Gasteiger partial charge in [-0.15, -0.1) is 0 Å². The van der Waals surface area contributed by atoms with Crippen LogP contribution in [0.2, 0.25) is 18.1 Å². The Balaban J connectivity index is 1.20. The van der Waals surface area contributed by atoms with Gasteiger partial charge in [-0.25, -0.2) is 0 Å². The fourth-order valence-corrected chi connectivity index (χ4v) is 10.1. The zero-order valence-corrected chi connectivity index (χ0v) is 22.0. The lowest BCUT2D eigenvalue weighted by atomic mass is 9.76. The molecule has 0 atom stereocenters. The molecule has 1 heterocycles. The van der Waals surface area contributed by atoms with Crippen molar-refractivity contribution in [2.45, 2.75) is 109 Å². The maximum Gasteiger partial charge on any atom is 0.0367 e. The van der Waals surface area contributed by atoms with Gasteiger partial charge in [0, 0.05) is 8.80 Å². The van der Waals surface area contributed by atoms with E-state index < -0.39 is 0 Å². The van der Waals surface area contributed by atoms with Gasteiger partial charge in [0.15, 0.2) is 0 Å². The molecular formula is C31H46Si. The third-order valence-corrected chi connectivity index (χ3v) is 12.4. The number of aryl methyl sites for hydroxylation is 1. The van der Waals surface area contributed by atoms with Gasteiger partial charge < -0.3 is 0 Å². The Hall–Kier alpha value is -1.34. The molecule has 1 aliphatic heterocycles. The summed E-state index contributed by atoms with van der Waals surface area (Å²) in [6.07, 6.45) is 15.8. The average Bonchev–Trinajstić information content (AvgIpc) is 2.85. The van der Waals surface area contributed by atoms with E-state index in [1.165, 1.54) is 74.5 Å². The van der Waals surface area contributed by atoms with E-state index in [0.29, 0.717) is 0 Å². The SMILES string of the molecule is CCCc1ccc(-c2ccc(C3CCC(CC[C@H]4CC[Si@H](CCC)CC4)CC3)cc2)cc1. The summed E-state index contributed by atoms with van der Waals surface area (Å²) >= 11 is 0. The highest BCUT2D eigenvalue weighted by molar-refractivity contribution is 6.58. The van der Waals surface area contributed by atoms with Gasteiger partial charge in [0.25, 0.3) is 0 Å². The minimum Gasteiger partial charge on any atom is -0.0657 e. The molecule has 0 bridgehead atoms. The van der Waals surface area contributed by atoms with Crippen molar-refractivity contribution in [3.63, 3.8) is 0 Å². The van der Waals surface area contributed by atoms with Gasteiger partial charge in [0.2, 0.25) is 0 Å². The molecule has 0 amide bonds. The van der Waals surface area contributed by atoms with E-state index >= 15 is 0 Å². The van der Waals surface area contributed by atoms with Crippen LogP contribution in [-0.4, -0.2) is 8.80 Å². The Labute approximate surface area is 199 Å². The predicted octanol–water partition coefficient (Wildman–Crippen LogP) is 9.41. The number of rotatable bonds is 9. The first-order valence-electron chi connectivity index (χ1n) is 13.9. The molecule has 4 rings (SSSR count). The Morgan fingerprint density at radius 2 is 1.22 bits per heavy atom. The Morgan fingerprint density at radius 3 is 1.78 bits per heavy atom. The summed E-state index contributed by atoms with van der Waals surface area (Å²) in [5, 5.41) is 0. The molecule has 1 saturated carbocycles. The van der Waals surface area contributed by atoms with E-state index in [9.17, 15) is 0 Å². The van der Waals surface area contributed by atoms with Crippen LogP contribution in [0.4, 0.5) is 0 Å². The Morgan fingerprint density at radius 1 is 0.656 bits per heavy atom. The molecule has 1 saturated heterocycles. The van der Waals surface area contributed by atoms with E-state index in [1.54, 1.807) is 36.5 Å². The van der Waals surface area contributed by atoms with Crippen molar-refractivity contribution in [2.24, 2.45) is 11.8 Å². The molecule has 0 N–H and O–H groups in total. The van der Waals surface area contributed by atoms with Crippen LogP contribution < -0.4 is 0 Å². The molecule has 2 aliphatic rings. The fourth-order valence-electron chi connectivity index (χ4n) is 6.57. The van der Waals surface area contributed by atoms with Crippen LogP contribution in [-0.2, 0) is 6.42 Å². The van der Waals surface area contributed by atoms with Gasteiger partial charge in [0.05, 0.1) is 0 Å². The van der Waals surface area contributed by atoms with Crippen molar-refractivity contribution < 1.29 is 0 Å². The largest absolute Gasteiger partial charge is 0.0657 e. The fraction of sp³-hybridized carbons (Fsp3) is 0.613. The van der Waals surface area contributed by atoms with Crippen LogP contribution in [0, 0.1) is 11.8 Å². The second kappa shape index (κ2) is 12.2. The molecule has 1 aliphatic carbocycles. The maximum absolute atomic E-state index is 2.42. The lowest BCUT2D eigenvalue weighted by Crippen LogP contribution is -2.22. The van der Waals surface area contributed by atoms with Crippen LogP contribution in [0.5, 0.6) is 0 Å². The zero-order chi connectivity index (χ0) is 22.2. The minimum atomic E-state index is -0.297. The highest BCUT2D eigenvalue weighted by atomic mass is 28.3. The van der Waals surface area contributed by atoms with E-state index in [1.807, 2.05) is 0 Å². The average molecular weight is 447 g/mol. The van der Waals surface area contributed by atoms with Crippen molar-refractivity contribution in [1.82, 2.24) is 0 Å². The van der Waals surface area contributed by atoms with Crippen LogP contribution >= 0.6 is 0 Å². The maximum atomic E-state index is 2.42. The molecule has 174 valence electrons. The first-order chi connectivity index (χ1) is 15.7. The normalized spacial score (nSPS) is 26.2. The van der Waals surface area contributed by atoms with Gasteiger partial charge in [-0.1, -0.05) is 119 Å². The molecule has 2 aromatic carbocycles. The molecule has 1 heteroatoms. The summed E-state index contributed by atoms with van der Waals surface area (Å²) < 4.78 is 0. The van der Waals surface area contributed by atoms with Gasteiger partial charge in [-0.2, -0.15) is 0 Å². The molecule has 0 aromatic heterocycles. The molecular weight excluding hydrogens is 400 g/mol. The van der Waals surface area contributed by atoms with Crippen LogP contribution in [0.25, 0.3) is 11.1 Å². The Kier molecular flexibility index (Phi) is 9.08. The molecule has 0 spiro atoms. The van der Waals surface area contributed by atoms with Crippen molar-refractivity contribution in [3.05, 3.63) is 59.7 Å². The second-order valence-electron chi connectivity index (χ2n) is 11.0. The van der Waals surface area contributed by atoms with Gasteiger partial charge >= 0.3 is 0 Å². The van der Waals surface area contributed by atoms with Crippen molar-refractivity contribution in [3.8, 4) is 11.1 Å². The second-order valence-corrected chi connectivity index (χ2v) is 14.5. The van der Waals surface area contributed by atoms with Crippen LogP contribution in [0.3, 0.4) is 0 Å². The zero-order valence-electron chi connectivity index (χ0n) is 20.8. The van der Waals surface area contributed by atoms with Gasteiger partial charge in [-0.05, 0) is 72.1 Å². The summed E-state index contributed by atoms with van der Waals surface area (Å²) in [6.45, 7) is 4.64. The van der Waals surface area contributed by atoms with Gasteiger partial charge in [0.1, 0.15) is 0 Å². The van der Waals surface area contributed by atoms with E-state index in [0.717, 1.165) is 17.8 Å². The first kappa shape index (κ1) is 23.8. The summed E-state index contributed by atoms with van der Waals surface area (Å²) in [5.41, 5.74) is 5.75. The van der Waals surface area contributed by atoms with Crippen molar-refractivity contribution in [1.29, 1.82) is 0 Å². The third kappa shape index (κ3) is 6.59. The topological polar surface area (TPSA) is 0 Å². The monoisotopic (exact) mass is 446 g/mol. The summed E-state index contributed by atoms with van der Waals surface area (Å²) in [5.74, 6) is 2.89. The molecule has 0 nitrogen and oxygen atoms in total. The highest BCUT2D eigenvalue weighted by Crippen LogP contribution is 2.40. The lowest BCUT2D eigenvalue weighted by Gasteiger charge is -2.32. The molecule has 0 unspecified atom stereocenters. The molecule has 0 radical (unpaired) electrons. The molecule has 2 fully saturated rings. The van der Waals surface area contributed by atoms with Crippen LogP contribution in [0.1, 0.15) is 95.1 Å². The van der Waals surface area contributed by atoms with Crippen molar-refractivity contribution in [2.75, 3.05) is 0 Å². The number of hydrogen-bond acceptors (Lipinski definition) is 0. The summed E-state index contributed by atoms with van der Waals surface area (Å²) in [7, 11) is -0.297. The van der Waals surface area contributed by atoms with E-state index in [4.69, 9.17) is 0 Å². The van der Waals surface area contributed by atoms with E-state index in [-0.39, 0.29) is 8.80 Å².